The summed E-state index contributed by atoms with van der Waals surface area (Å²) < 4.78 is 0. The van der Waals surface area contributed by atoms with Crippen LogP contribution in [-0.4, -0.2) is 17.3 Å². The fourth-order valence-corrected chi connectivity index (χ4v) is 3.86. The largest absolute Gasteiger partial charge is 0.394 e. The van der Waals surface area contributed by atoms with E-state index in [1.165, 1.54) is 53.8 Å². The third-order valence-corrected chi connectivity index (χ3v) is 5.71. The quantitative estimate of drug-likeness (QED) is 0.578. The van der Waals surface area contributed by atoms with Gasteiger partial charge in [0.25, 0.3) is 0 Å². The summed E-state index contributed by atoms with van der Waals surface area (Å²) in [7, 11) is 0. The van der Waals surface area contributed by atoms with Crippen LogP contribution in [-0.2, 0) is 19.3 Å². The van der Waals surface area contributed by atoms with E-state index in [9.17, 15) is 5.11 Å². The van der Waals surface area contributed by atoms with E-state index in [0.29, 0.717) is 0 Å². The van der Waals surface area contributed by atoms with Gasteiger partial charge < -0.3 is 10.8 Å². The molecule has 0 fully saturated rings. The Morgan fingerprint density at radius 2 is 1.50 bits per heavy atom. The van der Waals surface area contributed by atoms with Crippen LogP contribution >= 0.6 is 11.3 Å². The molecule has 0 spiro atoms. The topological polar surface area (TPSA) is 46.2 Å². The van der Waals surface area contributed by atoms with Gasteiger partial charge in [0.1, 0.15) is 0 Å². The molecule has 0 amide bonds. The van der Waals surface area contributed by atoms with Crippen molar-refractivity contribution < 1.29 is 5.11 Å². The molecule has 1 atom stereocenters. The summed E-state index contributed by atoms with van der Waals surface area (Å²) in [6, 6.07) is 15.2. The van der Waals surface area contributed by atoms with Crippen molar-refractivity contribution in [2.45, 2.75) is 63.8 Å². The lowest BCUT2D eigenvalue weighted by atomic mass is 9.98. The Morgan fingerprint density at radius 3 is 2.17 bits per heavy atom. The van der Waals surface area contributed by atoms with Crippen molar-refractivity contribution in [2.75, 3.05) is 6.61 Å². The minimum atomic E-state index is -0.455. The van der Waals surface area contributed by atoms with Crippen LogP contribution < -0.4 is 5.73 Å². The van der Waals surface area contributed by atoms with Crippen LogP contribution in [0.15, 0.2) is 42.5 Å². The van der Waals surface area contributed by atoms with Gasteiger partial charge in [0, 0.05) is 15.3 Å². The molecule has 0 aliphatic heterocycles. The number of unbranched alkanes of at least 4 members (excludes halogenated alkanes) is 3. The summed E-state index contributed by atoms with van der Waals surface area (Å²) in [5.41, 5.74) is 6.99. The number of nitrogens with two attached hydrogens (primary N) is 1. The van der Waals surface area contributed by atoms with Gasteiger partial charge in [0.2, 0.25) is 0 Å². The fourth-order valence-electron chi connectivity index (χ4n) is 2.81. The molecule has 1 aromatic carbocycles. The van der Waals surface area contributed by atoms with Crippen molar-refractivity contribution in [3.05, 3.63) is 57.8 Å². The zero-order valence-corrected chi connectivity index (χ0v) is 15.7. The third-order valence-electron chi connectivity index (χ3n) is 4.50. The van der Waals surface area contributed by atoms with Crippen molar-refractivity contribution in [3.8, 4) is 0 Å². The molecular weight excluding hydrogens is 314 g/mol. The highest BCUT2D eigenvalue weighted by Gasteiger charge is 2.16. The maximum Gasteiger partial charge on any atom is 0.0608 e. The average Bonchev–Trinajstić information content (AvgIpc) is 3.05. The molecule has 0 radical (unpaired) electrons. The molecule has 24 heavy (non-hydrogen) atoms. The molecule has 132 valence electrons. The second-order valence-electron chi connectivity index (χ2n) is 7.08. The molecule has 2 rings (SSSR count). The van der Waals surface area contributed by atoms with Gasteiger partial charge in [-0.3, -0.25) is 0 Å². The lowest BCUT2D eigenvalue weighted by molar-refractivity contribution is 0.201. The van der Waals surface area contributed by atoms with Crippen LogP contribution in [0.1, 0.15) is 54.3 Å². The summed E-state index contributed by atoms with van der Waals surface area (Å²) in [5, 5.41) is 9.22. The first-order valence-corrected chi connectivity index (χ1v) is 9.92. The van der Waals surface area contributed by atoms with Gasteiger partial charge in [-0.1, -0.05) is 43.2 Å². The lowest BCUT2D eigenvalue weighted by Gasteiger charge is -2.20. The molecule has 1 unspecified atom stereocenters. The minimum absolute atomic E-state index is 0.0498. The first-order chi connectivity index (χ1) is 11.6. The van der Waals surface area contributed by atoms with E-state index in [4.69, 9.17) is 5.73 Å². The number of aryl methyl sites for hydroxylation is 3. The molecule has 0 aliphatic carbocycles. The minimum Gasteiger partial charge on any atom is -0.394 e. The molecular formula is C21H31NOS. The van der Waals surface area contributed by atoms with Crippen molar-refractivity contribution in [1.82, 2.24) is 0 Å². The monoisotopic (exact) mass is 345 g/mol. The van der Waals surface area contributed by atoms with E-state index < -0.39 is 5.54 Å². The Kier molecular flexibility index (Phi) is 7.97. The number of hydrogen-bond acceptors (Lipinski definition) is 3. The molecule has 0 saturated heterocycles. The first-order valence-electron chi connectivity index (χ1n) is 9.10. The van der Waals surface area contributed by atoms with Crippen LogP contribution in [0.4, 0.5) is 0 Å². The summed E-state index contributed by atoms with van der Waals surface area (Å²) in [6.07, 6.45) is 9.39. The van der Waals surface area contributed by atoms with Gasteiger partial charge in [-0.25, -0.2) is 0 Å². The smallest absolute Gasteiger partial charge is 0.0608 e. The van der Waals surface area contributed by atoms with E-state index in [2.05, 4.69) is 42.5 Å². The Labute approximate surface area is 150 Å². The van der Waals surface area contributed by atoms with Crippen LogP contribution in [0.25, 0.3) is 0 Å². The van der Waals surface area contributed by atoms with Crippen molar-refractivity contribution >= 4 is 11.3 Å². The number of benzene rings is 1. The number of thiophene rings is 1. The van der Waals surface area contributed by atoms with Crippen molar-refractivity contribution in [1.29, 1.82) is 0 Å². The van der Waals surface area contributed by atoms with Crippen LogP contribution in [0.2, 0.25) is 0 Å². The van der Waals surface area contributed by atoms with E-state index in [0.717, 1.165) is 12.8 Å². The zero-order chi connectivity index (χ0) is 17.3. The lowest BCUT2D eigenvalue weighted by Crippen LogP contribution is -2.40. The Morgan fingerprint density at radius 1 is 0.875 bits per heavy atom. The predicted octanol–water partition coefficient (Wildman–Crippen LogP) is 4.74. The molecule has 3 heteroatoms. The molecule has 0 saturated carbocycles. The molecule has 0 bridgehead atoms. The number of hydrogen-bond donors (Lipinski definition) is 2. The predicted molar refractivity (Wildman–Crippen MR) is 105 cm³/mol. The molecule has 0 aliphatic rings. The third kappa shape index (κ3) is 7.16. The SMILES string of the molecule is CC(N)(CO)CCc1ccc(CCCCCCc2ccccc2)s1. The van der Waals surface area contributed by atoms with Gasteiger partial charge in [-0.05, 0) is 63.1 Å². The second kappa shape index (κ2) is 9.97. The molecule has 2 nitrogen and oxygen atoms in total. The van der Waals surface area contributed by atoms with Gasteiger partial charge in [-0.2, -0.15) is 0 Å². The molecule has 1 heterocycles. The highest BCUT2D eigenvalue weighted by atomic mass is 32.1. The summed E-state index contributed by atoms with van der Waals surface area (Å²) in [5.74, 6) is 0. The maximum atomic E-state index is 9.22. The van der Waals surface area contributed by atoms with Crippen LogP contribution in [0.3, 0.4) is 0 Å². The van der Waals surface area contributed by atoms with Gasteiger partial charge in [-0.15, -0.1) is 11.3 Å². The molecule has 1 aromatic heterocycles. The first kappa shape index (κ1) is 19.2. The summed E-state index contributed by atoms with van der Waals surface area (Å²) in [4.78, 5) is 2.87. The van der Waals surface area contributed by atoms with Gasteiger partial charge in [0.05, 0.1) is 6.61 Å². The highest BCUT2D eigenvalue weighted by Crippen LogP contribution is 2.22. The maximum absolute atomic E-state index is 9.22. The number of aliphatic hydroxyl groups is 1. The molecule has 3 N–H and O–H groups in total. The van der Waals surface area contributed by atoms with E-state index in [-0.39, 0.29) is 6.61 Å². The van der Waals surface area contributed by atoms with E-state index in [1.54, 1.807) is 0 Å². The number of aliphatic hydroxyl groups excluding tert-OH is 1. The highest BCUT2D eigenvalue weighted by molar-refractivity contribution is 7.11. The van der Waals surface area contributed by atoms with E-state index in [1.807, 2.05) is 18.3 Å². The van der Waals surface area contributed by atoms with Crippen LogP contribution in [0.5, 0.6) is 0 Å². The summed E-state index contributed by atoms with van der Waals surface area (Å²) >= 11 is 1.91. The molecule has 2 aromatic rings. The Hall–Kier alpha value is -1.16. The van der Waals surface area contributed by atoms with Crippen molar-refractivity contribution in [3.63, 3.8) is 0 Å². The van der Waals surface area contributed by atoms with Gasteiger partial charge in [0.15, 0.2) is 0 Å². The normalized spacial score (nSPS) is 13.8. The zero-order valence-electron chi connectivity index (χ0n) is 14.8. The Balaban J connectivity index is 1.58. The van der Waals surface area contributed by atoms with Gasteiger partial charge >= 0.3 is 0 Å². The summed E-state index contributed by atoms with van der Waals surface area (Å²) in [6.45, 7) is 1.96. The fraction of sp³-hybridized carbons (Fsp3) is 0.524. The average molecular weight is 346 g/mol. The van der Waals surface area contributed by atoms with Crippen LogP contribution in [0, 0.1) is 0 Å². The Bertz CT molecular complexity index is 577. The second-order valence-corrected chi connectivity index (χ2v) is 8.33. The van der Waals surface area contributed by atoms with E-state index >= 15 is 0 Å². The number of rotatable bonds is 11. The van der Waals surface area contributed by atoms with Crippen molar-refractivity contribution in [2.24, 2.45) is 5.73 Å². The standard InChI is InChI=1S/C21H31NOS/c1-21(22,17-23)16-15-20-14-13-19(24-20)12-8-3-2-5-9-18-10-6-4-7-11-18/h4,6-7,10-11,13-14,23H,2-3,5,8-9,12,15-17,22H2,1H3.